The van der Waals surface area contributed by atoms with Gasteiger partial charge in [-0.3, -0.25) is 4.90 Å². The Morgan fingerprint density at radius 3 is 2.86 bits per heavy atom. The molecule has 78 valence electrons. The number of rotatable bonds is 2. The molecule has 0 spiro atoms. The molecule has 14 heavy (non-hydrogen) atoms. The summed E-state index contributed by atoms with van der Waals surface area (Å²) in [5.74, 6) is 0.865. The van der Waals surface area contributed by atoms with Crippen LogP contribution in [0.3, 0.4) is 0 Å². The van der Waals surface area contributed by atoms with Crippen molar-refractivity contribution in [3.63, 3.8) is 0 Å². The van der Waals surface area contributed by atoms with E-state index in [0.29, 0.717) is 0 Å². The normalized spacial score (nSPS) is 28.5. The van der Waals surface area contributed by atoms with E-state index in [-0.39, 0.29) is 0 Å². The Morgan fingerprint density at radius 2 is 2.36 bits per heavy atom. The van der Waals surface area contributed by atoms with Crippen LogP contribution in [0.2, 0.25) is 0 Å². The first-order valence-electron chi connectivity index (χ1n) is 5.12. The summed E-state index contributed by atoms with van der Waals surface area (Å²) in [6.07, 6.45) is 1.35. The van der Waals surface area contributed by atoms with Gasteiger partial charge in [-0.1, -0.05) is 6.92 Å². The zero-order valence-electron chi connectivity index (χ0n) is 8.66. The van der Waals surface area contributed by atoms with Crippen LogP contribution >= 0.6 is 27.3 Å². The van der Waals surface area contributed by atoms with E-state index in [1.54, 1.807) is 0 Å². The average Bonchev–Trinajstić information content (AvgIpc) is 2.62. The second-order valence-electron chi connectivity index (χ2n) is 4.31. The van der Waals surface area contributed by atoms with E-state index < -0.39 is 0 Å². The van der Waals surface area contributed by atoms with Crippen LogP contribution in [0.1, 0.15) is 25.1 Å². The number of halogens is 1. The van der Waals surface area contributed by atoms with Crippen molar-refractivity contribution in [2.75, 3.05) is 6.54 Å². The molecule has 1 aromatic heterocycles. The van der Waals surface area contributed by atoms with Crippen molar-refractivity contribution in [3.05, 3.63) is 20.8 Å². The van der Waals surface area contributed by atoms with E-state index in [2.05, 4.69) is 46.1 Å². The fraction of sp³-hybridized carbons (Fsp3) is 0.636. The zero-order valence-corrected chi connectivity index (χ0v) is 11.1. The third-order valence-corrected chi connectivity index (χ3v) is 4.86. The number of nitrogens with zero attached hydrogens (tertiary/aromatic N) is 1. The standard InChI is InChI=1S/C11H16BrNS/c1-8-5-9(2)13(6-8)7-11-10(12)3-4-14-11/h3-4,8-9H,5-7H2,1-2H3. The van der Waals surface area contributed by atoms with E-state index >= 15 is 0 Å². The van der Waals surface area contributed by atoms with Gasteiger partial charge < -0.3 is 0 Å². The maximum atomic E-state index is 3.59. The fourth-order valence-corrected chi connectivity index (χ4v) is 3.73. The van der Waals surface area contributed by atoms with Crippen molar-refractivity contribution in [2.45, 2.75) is 32.9 Å². The zero-order chi connectivity index (χ0) is 10.1. The topological polar surface area (TPSA) is 3.24 Å². The highest BCUT2D eigenvalue weighted by Crippen LogP contribution is 2.29. The molecular formula is C11H16BrNS. The van der Waals surface area contributed by atoms with Gasteiger partial charge in [-0.2, -0.15) is 0 Å². The molecule has 2 heterocycles. The molecule has 0 amide bonds. The van der Waals surface area contributed by atoms with Crippen LogP contribution in [0.15, 0.2) is 15.9 Å². The fourth-order valence-electron chi connectivity index (χ4n) is 2.23. The molecule has 1 nitrogen and oxygen atoms in total. The lowest BCUT2D eigenvalue weighted by atomic mass is 10.1. The van der Waals surface area contributed by atoms with E-state index in [4.69, 9.17) is 0 Å². The largest absolute Gasteiger partial charge is 0.295 e. The molecule has 1 aromatic rings. The predicted octanol–water partition coefficient (Wildman–Crippen LogP) is 3.74. The van der Waals surface area contributed by atoms with Crippen molar-refractivity contribution in [1.82, 2.24) is 4.90 Å². The minimum Gasteiger partial charge on any atom is -0.295 e. The van der Waals surface area contributed by atoms with Gasteiger partial charge in [0.25, 0.3) is 0 Å². The van der Waals surface area contributed by atoms with Crippen LogP contribution in [0.5, 0.6) is 0 Å². The molecule has 1 fully saturated rings. The summed E-state index contributed by atoms with van der Waals surface area (Å²) in [4.78, 5) is 4.05. The molecule has 1 saturated heterocycles. The summed E-state index contributed by atoms with van der Waals surface area (Å²) >= 11 is 5.44. The van der Waals surface area contributed by atoms with Gasteiger partial charge >= 0.3 is 0 Å². The Hall–Kier alpha value is 0.140. The molecule has 0 N–H and O–H groups in total. The number of likely N-dealkylation sites (tertiary alicyclic amines) is 1. The van der Waals surface area contributed by atoms with Crippen LogP contribution in [0.25, 0.3) is 0 Å². The molecular weight excluding hydrogens is 258 g/mol. The maximum absolute atomic E-state index is 3.59. The maximum Gasteiger partial charge on any atom is 0.0342 e. The Balaban J connectivity index is 2.01. The van der Waals surface area contributed by atoms with Gasteiger partial charge in [-0.05, 0) is 46.6 Å². The highest BCUT2D eigenvalue weighted by Gasteiger charge is 2.26. The summed E-state index contributed by atoms with van der Waals surface area (Å²) in [5.41, 5.74) is 0. The number of thiophene rings is 1. The molecule has 2 atom stereocenters. The lowest BCUT2D eigenvalue weighted by Gasteiger charge is -2.20. The molecule has 1 aliphatic heterocycles. The molecule has 1 aliphatic rings. The predicted molar refractivity (Wildman–Crippen MR) is 65.7 cm³/mol. The van der Waals surface area contributed by atoms with E-state index in [1.807, 2.05) is 11.3 Å². The molecule has 0 aliphatic carbocycles. The van der Waals surface area contributed by atoms with Crippen LogP contribution < -0.4 is 0 Å². The van der Waals surface area contributed by atoms with Gasteiger partial charge in [-0.15, -0.1) is 11.3 Å². The van der Waals surface area contributed by atoms with Crippen molar-refractivity contribution in [3.8, 4) is 0 Å². The van der Waals surface area contributed by atoms with Gasteiger partial charge in [0.2, 0.25) is 0 Å². The summed E-state index contributed by atoms with van der Waals surface area (Å²) in [6, 6.07) is 2.89. The highest BCUT2D eigenvalue weighted by atomic mass is 79.9. The summed E-state index contributed by atoms with van der Waals surface area (Å²) in [7, 11) is 0. The third kappa shape index (κ3) is 2.20. The monoisotopic (exact) mass is 273 g/mol. The smallest absolute Gasteiger partial charge is 0.0342 e. The summed E-state index contributed by atoms with van der Waals surface area (Å²) in [6.45, 7) is 7.06. The van der Waals surface area contributed by atoms with Crippen molar-refractivity contribution >= 4 is 27.3 Å². The lowest BCUT2D eigenvalue weighted by molar-refractivity contribution is 0.258. The van der Waals surface area contributed by atoms with Gasteiger partial charge in [0.15, 0.2) is 0 Å². The molecule has 0 bridgehead atoms. The second-order valence-corrected chi connectivity index (χ2v) is 6.17. The lowest BCUT2D eigenvalue weighted by Crippen LogP contribution is -2.26. The van der Waals surface area contributed by atoms with Crippen molar-refractivity contribution < 1.29 is 0 Å². The minimum absolute atomic E-state index is 0.749. The van der Waals surface area contributed by atoms with E-state index in [9.17, 15) is 0 Å². The third-order valence-electron chi connectivity index (χ3n) is 2.95. The first-order valence-corrected chi connectivity index (χ1v) is 6.80. The summed E-state index contributed by atoms with van der Waals surface area (Å²) < 4.78 is 1.27. The van der Waals surface area contributed by atoms with Gasteiger partial charge in [0.05, 0.1) is 0 Å². The molecule has 2 unspecified atom stereocenters. The molecule has 0 saturated carbocycles. The van der Waals surface area contributed by atoms with Crippen molar-refractivity contribution in [1.29, 1.82) is 0 Å². The SMILES string of the molecule is CC1CC(C)N(Cc2sccc2Br)C1. The van der Waals surface area contributed by atoms with Gasteiger partial charge in [0, 0.05) is 28.5 Å². The Bertz CT molecular complexity index is 310. The van der Waals surface area contributed by atoms with Crippen LogP contribution in [-0.2, 0) is 6.54 Å². The molecule has 3 heteroatoms. The molecule has 0 radical (unpaired) electrons. The molecule has 2 rings (SSSR count). The second kappa shape index (κ2) is 4.33. The molecule has 0 aromatic carbocycles. The van der Waals surface area contributed by atoms with Gasteiger partial charge in [0.1, 0.15) is 0 Å². The van der Waals surface area contributed by atoms with Gasteiger partial charge in [-0.25, -0.2) is 0 Å². The first-order chi connectivity index (χ1) is 6.66. The van der Waals surface area contributed by atoms with Crippen LogP contribution in [0, 0.1) is 5.92 Å². The van der Waals surface area contributed by atoms with Crippen molar-refractivity contribution in [2.24, 2.45) is 5.92 Å². The van der Waals surface area contributed by atoms with E-state index in [0.717, 1.165) is 18.5 Å². The van der Waals surface area contributed by atoms with Crippen LogP contribution in [0.4, 0.5) is 0 Å². The number of hydrogen-bond donors (Lipinski definition) is 0. The minimum atomic E-state index is 0.749. The van der Waals surface area contributed by atoms with Crippen LogP contribution in [-0.4, -0.2) is 17.5 Å². The average molecular weight is 274 g/mol. The summed E-state index contributed by atoms with van der Waals surface area (Å²) in [5, 5.41) is 2.16. The Morgan fingerprint density at radius 1 is 1.57 bits per heavy atom. The van der Waals surface area contributed by atoms with E-state index in [1.165, 1.54) is 22.3 Å². The highest BCUT2D eigenvalue weighted by molar-refractivity contribution is 9.10. The Labute approximate surface area is 98.2 Å². The first kappa shape index (κ1) is 10.7. The quantitative estimate of drug-likeness (QED) is 0.794. The Kier molecular flexibility index (Phi) is 3.30. The number of hydrogen-bond acceptors (Lipinski definition) is 2.